The first-order chi connectivity index (χ1) is 8.01. The molecule has 0 N–H and O–H groups in total. The van der Waals surface area contributed by atoms with Crippen molar-refractivity contribution in [3.8, 4) is 0 Å². The third kappa shape index (κ3) is 2.97. The van der Waals surface area contributed by atoms with Crippen LogP contribution in [0.4, 0.5) is 0 Å². The van der Waals surface area contributed by atoms with E-state index in [1.54, 1.807) is 20.0 Å². The molecular weight excluding hydrogens is 242 g/mol. The lowest BCUT2D eigenvalue weighted by molar-refractivity contribution is -0.137. The average molecular weight is 255 g/mol. The van der Waals surface area contributed by atoms with Gasteiger partial charge < -0.3 is 9.30 Å². The van der Waals surface area contributed by atoms with E-state index in [9.17, 15) is 14.4 Å². The number of thioether (sulfide) groups is 1. The molecule has 0 aliphatic rings. The standard InChI is InChI=1S/C11H13NO4S/c1-7-4-9(17-6-10(14)16-3)8(5-13)11(15)12(7)2/h4-5H,6H2,1-3H3. The normalized spacial score (nSPS) is 10.1. The van der Waals surface area contributed by atoms with Crippen LogP contribution in [0.2, 0.25) is 0 Å². The number of pyridine rings is 1. The molecule has 0 saturated carbocycles. The number of aromatic nitrogens is 1. The third-order valence-electron chi connectivity index (χ3n) is 2.36. The van der Waals surface area contributed by atoms with Crippen LogP contribution in [0.15, 0.2) is 15.8 Å². The fourth-order valence-corrected chi connectivity index (χ4v) is 2.17. The van der Waals surface area contributed by atoms with Gasteiger partial charge in [0.2, 0.25) is 0 Å². The van der Waals surface area contributed by atoms with Gasteiger partial charge in [-0.15, -0.1) is 11.8 Å². The number of esters is 1. The van der Waals surface area contributed by atoms with Crippen molar-refractivity contribution in [1.29, 1.82) is 0 Å². The molecule has 0 aromatic carbocycles. The van der Waals surface area contributed by atoms with Crippen LogP contribution in [0.25, 0.3) is 0 Å². The van der Waals surface area contributed by atoms with E-state index in [4.69, 9.17) is 0 Å². The molecule has 0 atom stereocenters. The van der Waals surface area contributed by atoms with Gasteiger partial charge in [0.25, 0.3) is 5.56 Å². The number of carbonyl (C=O) groups excluding carboxylic acids is 2. The average Bonchev–Trinajstić information content (AvgIpc) is 2.33. The van der Waals surface area contributed by atoms with Crippen molar-refractivity contribution in [3.05, 3.63) is 27.7 Å². The molecular formula is C11H13NO4S. The molecule has 0 bridgehead atoms. The Morgan fingerprint density at radius 1 is 1.59 bits per heavy atom. The summed E-state index contributed by atoms with van der Waals surface area (Å²) in [4.78, 5) is 34.2. The highest BCUT2D eigenvalue weighted by Gasteiger charge is 2.12. The molecule has 5 nitrogen and oxygen atoms in total. The first kappa shape index (κ1) is 13.5. The van der Waals surface area contributed by atoms with E-state index in [0.717, 1.165) is 17.5 Å². The number of carbonyl (C=O) groups is 2. The van der Waals surface area contributed by atoms with Crippen molar-refractivity contribution in [2.24, 2.45) is 7.05 Å². The maximum atomic E-state index is 11.8. The van der Waals surface area contributed by atoms with Crippen LogP contribution in [0.5, 0.6) is 0 Å². The highest BCUT2D eigenvalue weighted by Crippen LogP contribution is 2.20. The monoisotopic (exact) mass is 255 g/mol. The van der Waals surface area contributed by atoms with E-state index in [0.29, 0.717) is 11.2 Å². The second-order valence-electron chi connectivity index (χ2n) is 3.41. The Morgan fingerprint density at radius 3 is 2.76 bits per heavy atom. The summed E-state index contributed by atoms with van der Waals surface area (Å²) in [7, 11) is 2.89. The SMILES string of the molecule is COC(=O)CSc1cc(C)n(C)c(=O)c1C=O. The summed E-state index contributed by atoms with van der Waals surface area (Å²) in [5, 5.41) is 0. The van der Waals surface area contributed by atoms with E-state index >= 15 is 0 Å². The van der Waals surface area contributed by atoms with E-state index in [1.165, 1.54) is 11.7 Å². The Morgan fingerprint density at radius 2 is 2.24 bits per heavy atom. The number of hydrogen-bond acceptors (Lipinski definition) is 5. The predicted octanol–water partition coefficient (Wildman–Crippen LogP) is 0.771. The quantitative estimate of drug-likeness (QED) is 0.452. The molecule has 0 aliphatic carbocycles. The summed E-state index contributed by atoms with van der Waals surface area (Å²) >= 11 is 1.12. The minimum Gasteiger partial charge on any atom is -0.468 e. The first-order valence-corrected chi connectivity index (χ1v) is 5.85. The van der Waals surface area contributed by atoms with Crippen LogP contribution < -0.4 is 5.56 Å². The van der Waals surface area contributed by atoms with Gasteiger partial charge in [0.15, 0.2) is 6.29 Å². The fraction of sp³-hybridized carbons (Fsp3) is 0.364. The van der Waals surface area contributed by atoms with Gasteiger partial charge in [-0.1, -0.05) is 0 Å². The van der Waals surface area contributed by atoms with Gasteiger partial charge in [0.1, 0.15) is 0 Å². The molecule has 0 fully saturated rings. The van der Waals surface area contributed by atoms with Gasteiger partial charge in [-0.05, 0) is 13.0 Å². The summed E-state index contributed by atoms with van der Waals surface area (Å²) in [6, 6.07) is 1.71. The van der Waals surface area contributed by atoms with Gasteiger partial charge in [0, 0.05) is 17.6 Å². The highest BCUT2D eigenvalue weighted by atomic mass is 32.2. The fourth-order valence-electron chi connectivity index (χ4n) is 1.23. The molecule has 0 spiro atoms. The van der Waals surface area contributed by atoms with Crippen molar-refractivity contribution in [2.45, 2.75) is 11.8 Å². The van der Waals surface area contributed by atoms with Gasteiger partial charge in [0.05, 0.1) is 18.4 Å². The van der Waals surface area contributed by atoms with E-state index < -0.39 is 5.97 Å². The molecule has 0 unspecified atom stereocenters. The molecule has 1 aromatic heterocycles. The zero-order valence-corrected chi connectivity index (χ0v) is 10.7. The Balaban J connectivity index is 3.11. The number of aryl methyl sites for hydroxylation is 1. The molecule has 92 valence electrons. The van der Waals surface area contributed by atoms with Crippen molar-refractivity contribution in [2.75, 3.05) is 12.9 Å². The second-order valence-corrected chi connectivity index (χ2v) is 4.43. The number of hydrogen-bond donors (Lipinski definition) is 0. The van der Waals surface area contributed by atoms with Crippen LogP contribution in [-0.2, 0) is 16.6 Å². The minimum absolute atomic E-state index is 0.0734. The third-order valence-corrected chi connectivity index (χ3v) is 3.39. The van der Waals surface area contributed by atoms with E-state index in [1.807, 2.05) is 0 Å². The topological polar surface area (TPSA) is 65.4 Å². The molecule has 1 aromatic rings. The smallest absolute Gasteiger partial charge is 0.315 e. The van der Waals surface area contributed by atoms with Crippen molar-refractivity contribution in [3.63, 3.8) is 0 Å². The maximum Gasteiger partial charge on any atom is 0.315 e. The van der Waals surface area contributed by atoms with Crippen molar-refractivity contribution in [1.82, 2.24) is 4.57 Å². The van der Waals surface area contributed by atoms with Crippen molar-refractivity contribution >= 4 is 24.0 Å². The second kappa shape index (κ2) is 5.67. The highest BCUT2D eigenvalue weighted by molar-refractivity contribution is 8.00. The first-order valence-electron chi connectivity index (χ1n) is 4.86. The van der Waals surface area contributed by atoms with Crippen molar-refractivity contribution < 1.29 is 14.3 Å². The van der Waals surface area contributed by atoms with E-state index in [2.05, 4.69) is 4.74 Å². The van der Waals surface area contributed by atoms with Crippen LogP contribution >= 0.6 is 11.8 Å². The van der Waals surface area contributed by atoms with Gasteiger partial charge in [-0.2, -0.15) is 0 Å². The summed E-state index contributed by atoms with van der Waals surface area (Å²) < 4.78 is 5.89. The maximum absolute atomic E-state index is 11.8. The number of rotatable bonds is 4. The zero-order valence-electron chi connectivity index (χ0n) is 9.85. The molecule has 0 radical (unpaired) electrons. The number of aldehydes is 1. The zero-order chi connectivity index (χ0) is 13.0. The Bertz CT molecular complexity index is 507. The number of nitrogens with zero attached hydrogens (tertiary/aromatic N) is 1. The summed E-state index contributed by atoms with van der Waals surface area (Å²) in [5.41, 5.74) is 0.451. The minimum atomic E-state index is -0.398. The summed E-state index contributed by atoms with van der Waals surface area (Å²) in [5.74, 6) is -0.325. The number of ether oxygens (including phenoxy) is 1. The number of methoxy groups -OCH3 is 1. The molecule has 17 heavy (non-hydrogen) atoms. The van der Waals surface area contributed by atoms with Gasteiger partial charge >= 0.3 is 5.97 Å². The molecule has 0 amide bonds. The lowest BCUT2D eigenvalue weighted by Gasteiger charge is -2.09. The largest absolute Gasteiger partial charge is 0.468 e. The predicted molar refractivity (Wildman–Crippen MR) is 64.5 cm³/mol. The Labute approximate surface area is 103 Å². The van der Waals surface area contributed by atoms with Crippen LogP contribution in [0, 0.1) is 6.92 Å². The van der Waals surface area contributed by atoms with E-state index in [-0.39, 0.29) is 16.9 Å². The lowest BCUT2D eigenvalue weighted by Crippen LogP contribution is -2.23. The lowest BCUT2D eigenvalue weighted by atomic mass is 10.2. The van der Waals surface area contributed by atoms with Crippen LogP contribution in [0.1, 0.15) is 16.1 Å². The van der Waals surface area contributed by atoms with Crippen LogP contribution in [0.3, 0.4) is 0 Å². The Hall–Kier alpha value is -1.56. The van der Waals surface area contributed by atoms with Crippen LogP contribution in [-0.4, -0.2) is 29.7 Å². The summed E-state index contributed by atoms with van der Waals surface area (Å²) in [6.45, 7) is 1.76. The Kier molecular flexibility index (Phi) is 4.51. The molecule has 0 aliphatic heterocycles. The van der Waals surface area contributed by atoms with Gasteiger partial charge in [-0.25, -0.2) is 0 Å². The molecule has 1 rings (SSSR count). The molecule has 6 heteroatoms. The molecule has 1 heterocycles. The molecule has 0 saturated heterocycles. The summed E-state index contributed by atoms with van der Waals surface area (Å²) in [6.07, 6.45) is 0.515. The van der Waals surface area contributed by atoms with Gasteiger partial charge in [-0.3, -0.25) is 14.4 Å².